The van der Waals surface area contributed by atoms with Crippen LogP contribution in [0.25, 0.3) is 5.69 Å². The van der Waals surface area contributed by atoms with Crippen LogP contribution in [0.2, 0.25) is 0 Å². The Morgan fingerprint density at radius 1 is 0.921 bits per heavy atom. The lowest BCUT2D eigenvalue weighted by Gasteiger charge is -2.15. The number of amides is 2. The zero-order valence-electron chi connectivity index (χ0n) is 21.6. The molecule has 0 atom stereocenters. The van der Waals surface area contributed by atoms with Gasteiger partial charge in [-0.2, -0.15) is 0 Å². The molecule has 4 rings (SSSR count). The summed E-state index contributed by atoms with van der Waals surface area (Å²) in [7, 11) is 3.12. The second-order valence-electron chi connectivity index (χ2n) is 8.40. The maximum Gasteiger partial charge on any atom is 0.255 e. The van der Waals surface area contributed by atoms with E-state index >= 15 is 0 Å². The van der Waals surface area contributed by atoms with E-state index in [0.29, 0.717) is 33.7 Å². The van der Waals surface area contributed by atoms with Crippen molar-refractivity contribution in [3.63, 3.8) is 0 Å². The van der Waals surface area contributed by atoms with E-state index < -0.39 is 0 Å². The molecule has 0 spiro atoms. The summed E-state index contributed by atoms with van der Waals surface area (Å²) in [4.78, 5) is 25.5. The van der Waals surface area contributed by atoms with E-state index in [1.165, 1.54) is 18.9 Å². The fourth-order valence-electron chi connectivity index (χ4n) is 3.82. The first-order chi connectivity index (χ1) is 18.4. The van der Waals surface area contributed by atoms with Crippen LogP contribution in [0.3, 0.4) is 0 Å². The Morgan fingerprint density at radius 3 is 2.42 bits per heavy atom. The summed E-state index contributed by atoms with van der Waals surface area (Å²) in [5.41, 5.74) is 4.14. The molecule has 10 heteroatoms. The molecule has 0 saturated carbocycles. The van der Waals surface area contributed by atoms with Gasteiger partial charge in [0.05, 0.1) is 37.8 Å². The van der Waals surface area contributed by atoms with Crippen molar-refractivity contribution in [1.82, 2.24) is 20.1 Å². The van der Waals surface area contributed by atoms with Crippen LogP contribution < -0.4 is 20.1 Å². The van der Waals surface area contributed by atoms with Crippen LogP contribution >= 0.6 is 11.8 Å². The van der Waals surface area contributed by atoms with E-state index in [2.05, 4.69) is 20.8 Å². The van der Waals surface area contributed by atoms with Crippen molar-refractivity contribution in [3.05, 3.63) is 89.2 Å². The van der Waals surface area contributed by atoms with E-state index in [-0.39, 0.29) is 24.1 Å². The molecule has 4 aromatic rings. The number of ether oxygens (including phenoxy) is 2. The summed E-state index contributed by atoms with van der Waals surface area (Å²) in [5.74, 6) is 1.40. The van der Waals surface area contributed by atoms with Gasteiger partial charge in [-0.1, -0.05) is 36.0 Å². The SMILES string of the molecule is COc1ccc(NC(=O)CSc2nnc(CNC(=O)c3ccccc3OC)n2-c2cccc(C)c2C)cc1. The van der Waals surface area contributed by atoms with Gasteiger partial charge in [-0.3, -0.25) is 14.2 Å². The smallest absolute Gasteiger partial charge is 0.255 e. The largest absolute Gasteiger partial charge is 0.497 e. The molecule has 0 saturated heterocycles. The molecular formula is C28H29N5O4S. The van der Waals surface area contributed by atoms with Crippen LogP contribution in [0.5, 0.6) is 11.5 Å². The summed E-state index contributed by atoms with van der Waals surface area (Å²) in [5, 5.41) is 15.0. The minimum Gasteiger partial charge on any atom is -0.497 e. The molecule has 2 N–H and O–H groups in total. The fourth-order valence-corrected chi connectivity index (χ4v) is 4.58. The fraction of sp³-hybridized carbons (Fsp3) is 0.214. The van der Waals surface area contributed by atoms with Gasteiger partial charge in [0.15, 0.2) is 11.0 Å². The lowest BCUT2D eigenvalue weighted by molar-refractivity contribution is -0.113. The molecule has 1 aromatic heterocycles. The molecule has 1 heterocycles. The average Bonchev–Trinajstić information content (AvgIpc) is 3.34. The summed E-state index contributed by atoms with van der Waals surface area (Å²) in [6.07, 6.45) is 0. The predicted octanol–water partition coefficient (Wildman–Crippen LogP) is 4.56. The number of rotatable bonds is 10. The topological polar surface area (TPSA) is 107 Å². The van der Waals surface area contributed by atoms with Gasteiger partial charge >= 0.3 is 0 Å². The number of carbonyl (C=O) groups is 2. The minimum absolute atomic E-state index is 0.128. The number of nitrogens with one attached hydrogen (secondary N) is 2. The lowest BCUT2D eigenvalue weighted by Crippen LogP contribution is -2.25. The lowest BCUT2D eigenvalue weighted by atomic mass is 10.1. The van der Waals surface area contributed by atoms with Crippen molar-refractivity contribution in [1.29, 1.82) is 0 Å². The summed E-state index contributed by atoms with van der Waals surface area (Å²) < 4.78 is 12.4. The number of aryl methyl sites for hydroxylation is 1. The molecule has 0 fully saturated rings. The Morgan fingerprint density at radius 2 is 1.68 bits per heavy atom. The summed E-state index contributed by atoms with van der Waals surface area (Å²) in [6.45, 7) is 4.18. The van der Waals surface area contributed by atoms with E-state index in [1.54, 1.807) is 55.6 Å². The highest BCUT2D eigenvalue weighted by Crippen LogP contribution is 2.26. The monoisotopic (exact) mass is 531 g/mol. The zero-order valence-corrected chi connectivity index (χ0v) is 22.5. The van der Waals surface area contributed by atoms with Gasteiger partial charge in [0.25, 0.3) is 5.91 Å². The average molecular weight is 532 g/mol. The second kappa shape index (κ2) is 12.3. The molecule has 9 nitrogen and oxygen atoms in total. The first kappa shape index (κ1) is 26.7. The van der Waals surface area contributed by atoms with Crippen LogP contribution in [-0.4, -0.2) is 46.6 Å². The predicted molar refractivity (Wildman–Crippen MR) is 147 cm³/mol. The Hall–Kier alpha value is -4.31. The molecule has 196 valence electrons. The molecule has 0 aliphatic heterocycles. The number of benzene rings is 3. The maximum atomic E-state index is 12.9. The quantitative estimate of drug-likeness (QED) is 0.289. The van der Waals surface area contributed by atoms with Crippen LogP contribution in [0.15, 0.2) is 71.9 Å². The first-order valence-corrected chi connectivity index (χ1v) is 12.9. The Labute approximate surface area is 225 Å². The standard InChI is InChI=1S/C28H29N5O4S/c1-18-8-7-10-23(19(18)2)33-25(16-29-27(35)22-9-5-6-11-24(22)37-4)31-32-28(33)38-17-26(34)30-20-12-14-21(36-3)15-13-20/h5-15H,16-17H2,1-4H3,(H,29,35)(H,30,34). The highest BCUT2D eigenvalue weighted by Gasteiger charge is 2.19. The van der Waals surface area contributed by atoms with Gasteiger partial charge in [0, 0.05) is 5.69 Å². The molecule has 3 aromatic carbocycles. The molecule has 0 radical (unpaired) electrons. The van der Waals surface area contributed by atoms with E-state index in [9.17, 15) is 9.59 Å². The number of aromatic nitrogens is 3. The molecule has 2 amide bonds. The minimum atomic E-state index is -0.286. The first-order valence-electron chi connectivity index (χ1n) is 11.9. The van der Waals surface area contributed by atoms with Crippen molar-refractivity contribution in [2.24, 2.45) is 0 Å². The number of anilines is 1. The van der Waals surface area contributed by atoms with Crippen molar-refractivity contribution in [2.45, 2.75) is 25.5 Å². The van der Waals surface area contributed by atoms with Gasteiger partial charge in [0.2, 0.25) is 5.91 Å². The number of para-hydroxylation sites is 1. The van der Waals surface area contributed by atoms with E-state index in [4.69, 9.17) is 9.47 Å². The van der Waals surface area contributed by atoms with Crippen molar-refractivity contribution >= 4 is 29.3 Å². The Balaban J connectivity index is 1.54. The second-order valence-corrected chi connectivity index (χ2v) is 9.34. The van der Waals surface area contributed by atoms with Crippen molar-refractivity contribution in [2.75, 3.05) is 25.3 Å². The molecule has 0 bridgehead atoms. The Kier molecular flexibility index (Phi) is 8.65. The third kappa shape index (κ3) is 6.15. The van der Waals surface area contributed by atoms with E-state index in [0.717, 1.165) is 16.8 Å². The Bertz CT molecular complexity index is 1440. The number of hydrogen-bond donors (Lipinski definition) is 2. The highest BCUT2D eigenvalue weighted by atomic mass is 32.2. The van der Waals surface area contributed by atoms with Crippen LogP contribution in [0, 0.1) is 13.8 Å². The molecule has 0 aliphatic rings. The third-order valence-corrected chi connectivity index (χ3v) is 6.91. The van der Waals surface area contributed by atoms with Crippen LogP contribution in [0.1, 0.15) is 27.3 Å². The number of methoxy groups -OCH3 is 2. The number of hydrogen-bond acceptors (Lipinski definition) is 7. The molecule has 0 aliphatic carbocycles. The van der Waals surface area contributed by atoms with Crippen molar-refractivity contribution < 1.29 is 19.1 Å². The van der Waals surface area contributed by atoms with Crippen LogP contribution in [0.4, 0.5) is 5.69 Å². The molecule has 38 heavy (non-hydrogen) atoms. The van der Waals surface area contributed by atoms with Gasteiger partial charge in [-0.15, -0.1) is 10.2 Å². The zero-order chi connectivity index (χ0) is 27.1. The van der Waals surface area contributed by atoms with E-state index in [1.807, 2.05) is 36.6 Å². The maximum absolute atomic E-state index is 12.9. The summed E-state index contributed by atoms with van der Waals surface area (Å²) >= 11 is 1.27. The normalized spacial score (nSPS) is 10.6. The summed E-state index contributed by atoms with van der Waals surface area (Å²) in [6, 6.07) is 20.1. The number of carbonyl (C=O) groups excluding carboxylic acids is 2. The number of thioether (sulfide) groups is 1. The van der Waals surface area contributed by atoms with Gasteiger partial charge < -0.3 is 20.1 Å². The van der Waals surface area contributed by atoms with Crippen LogP contribution in [-0.2, 0) is 11.3 Å². The molecule has 0 unspecified atom stereocenters. The van der Waals surface area contributed by atoms with Gasteiger partial charge in [0.1, 0.15) is 11.5 Å². The van der Waals surface area contributed by atoms with Crippen molar-refractivity contribution in [3.8, 4) is 17.2 Å². The molecular weight excluding hydrogens is 502 g/mol. The number of nitrogens with zero attached hydrogens (tertiary/aromatic N) is 3. The highest BCUT2D eigenvalue weighted by molar-refractivity contribution is 7.99. The third-order valence-electron chi connectivity index (χ3n) is 5.98. The van der Waals surface area contributed by atoms with Gasteiger partial charge in [-0.05, 0) is 67.4 Å². The van der Waals surface area contributed by atoms with Gasteiger partial charge in [-0.25, -0.2) is 0 Å².